The molecule has 0 saturated carbocycles. The molecule has 0 bridgehead atoms. The van der Waals surface area contributed by atoms with Crippen LogP contribution in [-0.4, -0.2) is 75.6 Å². The molecule has 6 nitrogen and oxygen atoms in total. The molecule has 2 rings (SSSR count). The zero-order valence-corrected chi connectivity index (χ0v) is 19.0. The van der Waals surface area contributed by atoms with Crippen molar-refractivity contribution >= 4 is 29.9 Å². The second-order valence-electron chi connectivity index (χ2n) is 7.88. The Morgan fingerprint density at radius 1 is 1.35 bits per heavy atom. The zero-order chi connectivity index (χ0) is 18.0. The van der Waals surface area contributed by atoms with E-state index in [0.717, 1.165) is 57.4 Å². The second-order valence-corrected chi connectivity index (χ2v) is 7.88. The van der Waals surface area contributed by atoms with E-state index in [0.29, 0.717) is 0 Å². The molecule has 0 spiro atoms. The summed E-state index contributed by atoms with van der Waals surface area (Å²) in [5, 5.41) is 16.1. The summed E-state index contributed by atoms with van der Waals surface area (Å²) in [6.45, 7) is 9.62. The summed E-state index contributed by atoms with van der Waals surface area (Å²) < 4.78 is 5.54. The summed E-state index contributed by atoms with van der Waals surface area (Å²) in [6.07, 6.45) is 6.94. The van der Waals surface area contributed by atoms with Gasteiger partial charge in [0.1, 0.15) is 0 Å². The number of piperidine rings is 1. The molecule has 2 saturated heterocycles. The summed E-state index contributed by atoms with van der Waals surface area (Å²) in [7, 11) is 1.81. The van der Waals surface area contributed by atoms with Crippen LogP contribution in [0.4, 0.5) is 0 Å². The fraction of sp³-hybridized carbons (Fsp3) is 0.947. The number of aliphatic hydroxyl groups excluding tert-OH is 1. The number of hydrogen-bond acceptors (Lipinski definition) is 4. The molecular formula is C19H39IN4O2. The maximum atomic E-state index is 9.31. The highest BCUT2D eigenvalue weighted by Crippen LogP contribution is 2.31. The van der Waals surface area contributed by atoms with Crippen molar-refractivity contribution in [2.45, 2.75) is 45.4 Å². The molecule has 0 amide bonds. The second kappa shape index (κ2) is 13.1. The summed E-state index contributed by atoms with van der Waals surface area (Å²) in [5.41, 5.74) is 0.0529. The molecule has 0 radical (unpaired) electrons. The smallest absolute Gasteiger partial charge is 0.190 e. The van der Waals surface area contributed by atoms with Gasteiger partial charge in [0.05, 0.1) is 6.61 Å². The van der Waals surface area contributed by atoms with Gasteiger partial charge < -0.3 is 25.4 Å². The molecule has 7 heteroatoms. The minimum atomic E-state index is 0. The van der Waals surface area contributed by atoms with Crippen LogP contribution < -0.4 is 10.6 Å². The molecule has 0 aromatic rings. The number of ether oxygens (including phenoxy) is 1. The zero-order valence-electron chi connectivity index (χ0n) is 16.6. The van der Waals surface area contributed by atoms with Gasteiger partial charge in [-0.15, -0.1) is 24.0 Å². The number of aliphatic hydroxyl groups is 1. The first-order valence-corrected chi connectivity index (χ1v) is 10.0. The Hall–Kier alpha value is -0.120. The quantitative estimate of drug-likeness (QED) is 0.203. The van der Waals surface area contributed by atoms with Crippen LogP contribution in [0.5, 0.6) is 0 Å². The van der Waals surface area contributed by atoms with Crippen LogP contribution in [0.15, 0.2) is 4.99 Å². The van der Waals surface area contributed by atoms with E-state index in [4.69, 9.17) is 4.74 Å². The molecule has 2 fully saturated rings. The lowest BCUT2D eigenvalue weighted by molar-refractivity contribution is 0.127. The van der Waals surface area contributed by atoms with E-state index in [9.17, 15) is 5.11 Å². The average molecular weight is 482 g/mol. The van der Waals surface area contributed by atoms with Crippen molar-refractivity contribution in [1.82, 2.24) is 15.5 Å². The Morgan fingerprint density at radius 2 is 2.19 bits per heavy atom. The predicted molar refractivity (Wildman–Crippen MR) is 118 cm³/mol. The Morgan fingerprint density at radius 3 is 2.85 bits per heavy atom. The van der Waals surface area contributed by atoms with Gasteiger partial charge in [-0.05, 0) is 57.5 Å². The van der Waals surface area contributed by atoms with E-state index >= 15 is 0 Å². The Bertz CT molecular complexity index is 403. The van der Waals surface area contributed by atoms with E-state index in [-0.39, 0.29) is 36.0 Å². The largest absolute Gasteiger partial charge is 0.396 e. The van der Waals surface area contributed by atoms with E-state index in [2.05, 4.69) is 27.4 Å². The highest BCUT2D eigenvalue weighted by atomic mass is 127. The minimum Gasteiger partial charge on any atom is -0.396 e. The van der Waals surface area contributed by atoms with Crippen molar-refractivity contribution in [3.05, 3.63) is 0 Å². The molecule has 0 aromatic carbocycles. The number of aliphatic imine (C=N–C) groups is 1. The van der Waals surface area contributed by atoms with Crippen molar-refractivity contribution in [3.63, 3.8) is 0 Å². The number of nitrogens with one attached hydrogen (secondary N) is 2. The van der Waals surface area contributed by atoms with Crippen molar-refractivity contribution in [1.29, 1.82) is 0 Å². The minimum absolute atomic E-state index is 0. The topological polar surface area (TPSA) is 69.1 Å². The first-order valence-electron chi connectivity index (χ1n) is 10.0. The molecule has 2 unspecified atom stereocenters. The van der Waals surface area contributed by atoms with E-state index in [1.165, 1.54) is 38.9 Å². The van der Waals surface area contributed by atoms with Crippen molar-refractivity contribution in [2.24, 2.45) is 16.3 Å². The third-order valence-electron chi connectivity index (χ3n) is 5.62. The van der Waals surface area contributed by atoms with Gasteiger partial charge in [-0.1, -0.05) is 6.92 Å². The molecule has 2 aliphatic heterocycles. The van der Waals surface area contributed by atoms with Gasteiger partial charge in [0.2, 0.25) is 0 Å². The van der Waals surface area contributed by atoms with Crippen molar-refractivity contribution in [3.8, 4) is 0 Å². The predicted octanol–water partition coefficient (Wildman–Crippen LogP) is 2.07. The third kappa shape index (κ3) is 8.27. The van der Waals surface area contributed by atoms with Gasteiger partial charge in [0.15, 0.2) is 5.96 Å². The van der Waals surface area contributed by atoms with Gasteiger partial charge in [0, 0.05) is 45.3 Å². The van der Waals surface area contributed by atoms with Crippen LogP contribution in [0.25, 0.3) is 0 Å². The van der Waals surface area contributed by atoms with Crippen LogP contribution in [0, 0.1) is 11.3 Å². The first kappa shape index (κ1) is 23.9. The average Bonchev–Trinajstić information content (AvgIpc) is 3.06. The van der Waals surface area contributed by atoms with E-state index in [1.807, 2.05) is 7.05 Å². The summed E-state index contributed by atoms with van der Waals surface area (Å²) in [4.78, 5) is 6.93. The number of halogens is 1. The summed E-state index contributed by atoms with van der Waals surface area (Å²) >= 11 is 0. The van der Waals surface area contributed by atoms with Crippen LogP contribution in [0.1, 0.15) is 45.4 Å². The standard InChI is InChI=1S/C19H38N4O2.HI/c1-17-6-5-11-23(14-17)10-4-3-9-21-18(20-2)22-15-19(7-12-24)8-13-25-16-19;/h17,24H,3-16H2,1-2H3,(H2,20,21,22);1H. The van der Waals surface area contributed by atoms with Crippen LogP contribution in [-0.2, 0) is 4.74 Å². The Kier molecular flexibility index (Phi) is 12.1. The van der Waals surface area contributed by atoms with Crippen LogP contribution in [0.2, 0.25) is 0 Å². The lowest BCUT2D eigenvalue weighted by Gasteiger charge is -2.30. The fourth-order valence-corrected chi connectivity index (χ4v) is 3.96. The highest BCUT2D eigenvalue weighted by Gasteiger charge is 2.34. The van der Waals surface area contributed by atoms with Gasteiger partial charge in [-0.3, -0.25) is 4.99 Å². The molecular weight excluding hydrogens is 443 g/mol. The molecule has 0 aromatic heterocycles. The summed E-state index contributed by atoms with van der Waals surface area (Å²) in [6, 6.07) is 0. The van der Waals surface area contributed by atoms with Crippen molar-refractivity contribution < 1.29 is 9.84 Å². The number of rotatable bonds is 9. The lowest BCUT2D eigenvalue weighted by atomic mass is 9.84. The van der Waals surface area contributed by atoms with Gasteiger partial charge in [-0.25, -0.2) is 0 Å². The van der Waals surface area contributed by atoms with Gasteiger partial charge in [-0.2, -0.15) is 0 Å². The SMILES string of the molecule is CN=C(NCCCCN1CCCC(C)C1)NCC1(CCO)CCOC1.I. The third-order valence-corrected chi connectivity index (χ3v) is 5.62. The maximum absolute atomic E-state index is 9.31. The monoisotopic (exact) mass is 482 g/mol. The normalized spacial score (nSPS) is 27.2. The first-order chi connectivity index (χ1) is 12.2. The molecule has 0 aliphatic carbocycles. The molecule has 2 atom stereocenters. The Balaban J connectivity index is 0.00000338. The number of nitrogens with zero attached hydrogens (tertiary/aromatic N) is 2. The van der Waals surface area contributed by atoms with Crippen LogP contribution in [0.3, 0.4) is 0 Å². The molecule has 26 heavy (non-hydrogen) atoms. The summed E-state index contributed by atoms with van der Waals surface area (Å²) in [5.74, 6) is 1.72. The van der Waals surface area contributed by atoms with Crippen LogP contribution >= 0.6 is 24.0 Å². The molecule has 154 valence electrons. The fourth-order valence-electron chi connectivity index (χ4n) is 3.96. The number of hydrogen-bond donors (Lipinski definition) is 3. The molecule has 2 aliphatic rings. The maximum Gasteiger partial charge on any atom is 0.190 e. The number of guanidine groups is 1. The van der Waals surface area contributed by atoms with Crippen molar-refractivity contribution in [2.75, 3.05) is 59.6 Å². The number of likely N-dealkylation sites (tertiary alicyclic amines) is 1. The number of unbranched alkanes of at least 4 members (excludes halogenated alkanes) is 1. The lowest BCUT2D eigenvalue weighted by Crippen LogP contribution is -2.44. The van der Waals surface area contributed by atoms with Gasteiger partial charge >= 0.3 is 0 Å². The van der Waals surface area contributed by atoms with E-state index in [1.54, 1.807) is 0 Å². The van der Waals surface area contributed by atoms with E-state index < -0.39 is 0 Å². The molecule has 3 N–H and O–H groups in total. The molecule has 2 heterocycles. The van der Waals surface area contributed by atoms with Gasteiger partial charge in [0.25, 0.3) is 0 Å². The Labute approximate surface area is 176 Å². The highest BCUT2D eigenvalue weighted by molar-refractivity contribution is 14.0.